The van der Waals surface area contributed by atoms with Crippen molar-refractivity contribution in [2.24, 2.45) is 5.92 Å². The van der Waals surface area contributed by atoms with E-state index < -0.39 is 5.41 Å². The maximum absolute atomic E-state index is 13.0. The standard InChI is InChI=1S/C20H28N2O2/c1-2-3-4-5-6-7-12-22-18(23)15-13-20(14-15,19(22)24)16-8-10-17(21)11-9-16/h8-11,15H,2-7,12-14,21H2,1H3. The lowest BCUT2D eigenvalue weighted by atomic mass is 9.55. The fraction of sp³-hybridized carbons (Fsp3) is 0.600. The summed E-state index contributed by atoms with van der Waals surface area (Å²) in [7, 11) is 0. The second-order valence-corrected chi connectivity index (χ2v) is 7.37. The summed E-state index contributed by atoms with van der Waals surface area (Å²) in [6, 6.07) is 7.59. The molecule has 1 aromatic rings. The molecule has 2 N–H and O–H groups in total. The molecule has 0 unspecified atom stereocenters. The summed E-state index contributed by atoms with van der Waals surface area (Å²) in [4.78, 5) is 27.0. The van der Waals surface area contributed by atoms with Crippen molar-refractivity contribution in [2.75, 3.05) is 12.3 Å². The van der Waals surface area contributed by atoms with E-state index in [0.29, 0.717) is 25.1 Å². The lowest BCUT2D eigenvalue weighted by molar-refractivity contribution is -0.168. The van der Waals surface area contributed by atoms with Crippen LogP contribution in [0.1, 0.15) is 63.9 Å². The number of hydrogen-bond donors (Lipinski definition) is 1. The number of rotatable bonds is 8. The van der Waals surface area contributed by atoms with Gasteiger partial charge in [0.2, 0.25) is 11.8 Å². The van der Waals surface area contributed by atoms with Gasteiger partial charge in [-0.1, -0.05) is 51.2 Å². The van der Waals surface area contributed by atoms with Gasteiger partial charge in [-0.3, -0.25) is 14.5 Å². The summed E-state index contributed by atoms with van der Waals surface area (Å²) < 4.78 is 0. The first-order valence-corrected chi connectivity index (χ1v) is 9.30. The number of benzene rings is 1. The number of nitrogens with two attached hydrogens (primary N) is 1. The van der Waals surface area contributed by atoms with Gasteiger partial charge in [0.1, 0.15) is 0 Å². The summed E-state index contributed by atoms with van der Waals surface area (Å²) in [5.41, 5.74) is 7.00. The number of piperidine rings is 2. The Morgan fingerprint density at radius 3 is 2.33 bits per heavy atom. The molecular formula is C20H28N2O2. The Kier molecular flexibility index (Phi) is 4.93. The van der Waals surface area contributed by atoms with E-state index in [1.54, 1.807) is 0 Å². The van der Waals surface area contributed by atoms with Crippen molar-refractivity contribution in [3.05, 3.63) is 29.8 Å². The van der Waals surface area contributed by atoms with E-state index in [2.05, 4.69) is 6.92 Å². The van der Waals surface area contributed by atoms with E-state index in [9.17, 15) is 9.59 Å². The van der Waals surface area contributed by atoms with Gasteiger partial charge in [0.15, 0.2) is 0 Å². The van der Waals surface area contributed by atoms with Crippen LogP contribution in [0.25, 0.3) is 0 Å². The van der Waals surface area contributed by atoms with Gasteiger partial charge in [-0.2, -0.15) is 0 Å². The fourth-order valence-electron chi connectivity index (χ4n) is 4.13. The molecule has 0 radical (unpaired) electrons. The molecule has 2 saturated heterocycles. The van der Waals surface area contributed by atoms with E-state index in [1.165, 1.54) is 30.6 Å². The molecule has 2 bridgehead atoms. The molecule has 4 heteroatoms. The van der Waals surface area contributed by atoms with E-state index in [0.717, 1.165) is 18.4 Å². The molecule has 2 amide bonds. The number of fused-ring (bicyclic) bond motifs is 2. The molecular weight excluding hydrogens is 300 g/mol. The highest BCUT2D eigenvalue weighted by Crippen LogP contribution is 2.53. The highest BCUT2D eigenvalue weighted by molar-refractivity contribution is 6.07. The van der Waals surface area contributed by atoms with Crippen LogP contribution < -0.4 is 5.73 Å². The van der Waals surface area contributed by atoms with Crippen LogP contribution >= 0.6 is 0 Å². The van der Waals surface area contributed by atoms with Crippen LogP contribution in [0.2, 0.25) is 0 Å². The van der Waals surface area contributed by atoms with Crippen LogP contribution in [0.3, 0.4) is 0 Å². The monoisotopic (exact) mass is 328 g/mol. The van der Waals surface area contributed by atoms with Gasteiger partial charge in [-0.15, -0.1) is 0 Å². The average molecular weight is 328 g/mol. The molecule has 1 saturated carbocycles. The quantitative estimate of drug-likeness (QED) is 0.450. The lowest BCUT2D eigenvalue weighted by Crippen LogP contribution is -2.65. The van der Waals surface area contributed by atoms with Gasteiger partial charge in [0.05, 0.1) is 5.41 Å². The van der Waals surface area contributed by atoms with Crippen molar-refractivity contribution in [1.82, 2.24) is 4.90 Å². The molecule has 130 valence electrons. The molecule has 1 aromatic carbocycles. The molecule has 24 heavy (non-hydrogen) atoms. The molecule has 4 nitrogen and oxygen atoms in total. The Balaban J connectivity index is 1.63. The van der Waals surface area contributed by atoms with Crippen molar-refractivity contribution in [3.63, 3.8) is 0 Å². The first kappa shape index (κ1) is 17.0. The number of amides is 2. The smallest absolute Gasteiger partial charge is 0.239 e. The zero-order valence-corrected chi connectivity index (χ0v) is 14.6. The van der Waals surface area contributed by atoms with Gasteiger partial charge in [0, 0.05) is 18.2 Å². The van der Waals surface area contributed by atoms with Crippen LogP contribution in [-0.2, 0) is 15.0 Å². The van der Waals surface area contributed by atoms with Crippen LogP contribution in [0.5, 0.6) is 0 Å². The summed E-state index contributed by atoms with van der Waals surface area (Å²) in [6.07, 6.45) is 8.29. The number of imide groups is 1. The summed E-state index contributed by atoms with van der Waals surface area (Å²) in [5, 5.41) is 0. The second kappa shape index (κ2) is 6.96. The largest absolute Gasteiger partial charge is 0.399 e. The summed E-state index contributed by atoms with van der Waals surface area (Å²) >= 11 is 0. The number of carbonyl (C=O) groups excluding carboxylic acids is 2. The SMILES string of the molecule is CCCCCCCCN1C(=O)C2CC(c3ccc(N)cc3)(C2)C1=O. The van der Waals surface area contributed by atoms with Gasteiger partial charge in [-0.05, 0) is 37.0 Å². The van der Waals surface area contributed by atoms with Crippen molar-refractivity contribution in [3.8, 4) is 0 Å². The Hall–Kier alpha value is -1.84. The molecule has 1 aliphatic carbocycles. The van der Waals surface area contributed by atoms with Crippen LogP contribution in [-0.4, -0.2) is 23.3 Å². The highest BCUT2D eigenvalue weighted by Gasteiger charge is 2.61. The van der Waals surface area contributed by atoms with Crippen molar-refractivity contribution < 1.29 is 9.59 Å². The maximum Gasteiger partial charge on any atom is 0.239 e. The zero-order chi connectivity index (χ0) is 17.2. The predicted octanol–water partition coefficient (Wildman–Crippen LogP) is 3.65. The third-order valence-corrected chi connectivity index (χ3v) is 5.66. The molecule has 2 heterocycles. The molecule has 4 rings (SSSR count). The molecule has 0 atom stereocenters. The lowest BCUT2D eigenvalue weighted by Gasteiger charge is -2.53. The van der Waals surface area contributed by atoms with Crippen molar-refractivity contribution in [2.45, 2.75) is 63.7 Å². The normalized spacial score (nSPS) is 25.7. The third kappa shape index (κ3) is 2.94. The summed E-state index contributed by atoms with van der Waals surface area (Å²) in [5.74, 6) is 0.0829. The van der Waals surface area contributed by atoms with E-state index in [4.69, 9.17) is 5.73 Å². The summed E-state index contributed by atoms with van der Waals surface area (Å²) in [6.45, 7) is 2.78. The average Bonchev–Trinajstić information content (AvgIpc) is 2.53. The number of nitrogen functional groups attached to an aromatic ring is 1. The Labute approximate surface area is 144 Å². The number of carbonyl (C=O) groups is 2. The van der Waals surface area contributed by atoms with Gasteiger partial charge in [0.25, 0.3) is 0 Å². The maximum atomic E-state index is 13.0. The van der Waals surface area contributed by atoms with E-state index in [-0.39, 0.29) is 17.7 Å². The molecule has 3 fully saturated rings. The van der Waals surface area contributed by atoms with E-state index in [1.807, 2.05) is 24.3 Å². The van der Waals surface area contributed by atoms with Crippen LogP contribution in [0, 0.1) is 5.92 Å². The van der Waals surface area contributed by atoms with Gasteiger partial charge in [-0.25, -0.2) is 0 Å². The first-order chi connectivity index (χ1) is 11.6. The zero-order valence-electron chi connectivity index (χ0n) is 14.6. The predicted molar refractivity (Wildman–Crippen MR) is 95.4 cm³/mol. The Morgan fingerprint density at radius 1 is 1.04 bits per heavy atom. The Morgan fingerprint density at radius 2 is 1.67 bits per heavy atom. The van der Waals surface area contributed by atoms with Crippen molar-refractivity contribution >= 4 is 17.5 Å². The van der Waals surface area contributed by atoms with Crippen LogP contribution in [0.15, 0.2) is 24.3 Å². The topological polar surface area (TPSA) is 63.4 Å². The minimum Gasteiger partial charge on any atom is -0.399 e. The first-order valence-electron chi connectivity index (χ1n) is 9.30. The number of hydrogen-bond acceptors (Lipinski definition) is 3. The number of anilines is 1. The highest BCUT2D eigenvalue weighted by atomic mass is 16.2. The fourth-order valence-corrected chi connectivity index (χ4v) is 4.13. The van der Waals surface area contributed by atoms with Crippen molar-refractivity contribution in [1.29, 1.82) is 0 Å². The minimum absolute atomic E-state index is 0.00771. The third-order valence-electron chi connectivity index (χ3n) is 5.66. The number of unbranched alkanes of at least 4 members (excludes halogenated alkanes) is 5. The molecule has 0 spiro atoms. The van der Waals surface area contributed by atoms with Gasteiger partial charge >= 0.3 is 0 Å². The number of nitrogens with zero attached hydrogens (tertiary/aromatic N) is 1. The minimum atomic E-state index is -0.478. The molecule has 3 aliphatic rings. The van der Waals surface area contributed by atoms with Gasteiger partial charge < -0.3 is 5.73 Å². The Bertz CT molecular complexity index is 603. The van der Waals surface area contributed by atoms with E-state index >= 15 is 0 Å². The second-order valence-electron chi connectivity index (χ2n) is 7.37. The molecule has 0 aromatic heterocycles. The molecule has 2 aliphatic heterocycles. The van der Waals surface area contributed by atoms with Crippen LogP contribution in [0.4, 0.5) is 5.69 Å².